The molecule has 2 heterocycles. The maximum Gasteiger partial charge on any atom is 0.229 e. The van der Waals surface area contributed by atoms with E-state index in [-0.39, 0.29) is 5.91 Å². The van der Waals surface area contributed by atoms with Crippen LogP contribution >= 0.6 is 23.1 Å². The lowest BCUT2D eigenvalue weighted by Crippen LogP contribution is -2.34. The molecule has 0 saturated heterocycles. The second kappa shape index (κ2) is 6.83. The van der Waals surface area contributed by atoms with Crippen molar-refractivity contribution in [3.8, 4) is 0 Å². The number of aryl methyl sites for hydroxylation is 1. The second-order valence-electron chi connectivity index (χ2n) is 5.42. The van der Waals surface area contributed by atoms with Gasteiger partial charge < -0.3 is 9.47 Å². The SMILES string of the molecule is CCSc1nc(CC(=O)N(Cc2nccn2C)C2CC2)cs1. The van der Waals surface area contributed by atoms with Crippen LogP contribution in [-0.4, -0.2) is 37.1 Å². The van der Waals surface area contributed by atoms with Crippen molar-refractivity contribution in [1.29, 1.82) is 0 Å². The highest BCUT2D eigenvalue weighted by Crippen LogP contribution is 2.29. The molecule has 0 unspecified atom stereocenters. The number of carbonyl (C=O) groups excluding carboxylic acids is 1. The number of nitrogens with zero attached hydrogens (tertiary/aromatic N) is 4. The highest BCUT2D eigenvalue weighted by Gasteiger charge is 2.33. The molecule has 0 N–H and O–H groups in total. The Morgan fingerprint density at radius 3 is 3.00 bits per heavy atom. The standard InChI is InChI=1S/C15H20N4OS2/c1-3-21-15-17-11(10-22-15)8-14(20)19(12-4-5-12)9-13-16-6-7-18(13)2/h6-7,10,12H,3-5,8-9H2,1-2H3. The van der Waals surface area contributed by atoms with Gasteiger partial charge in [0.15, 0.2) is 0 Å². The van der Waals surface area contributed by atoms with Gasteiger partial charge in [-0.15, -0.1) is 11.3 Å². The van der Waals surface area contributed by atoms with E-state index in [0.29, 0.717) is 19.0 Å². The average Bonchev–Trinajstić information content (AvgIpc) is 3.11. The summed E-state index contributed by atoms with van der Waals surface area (Å²) in [6.45, 7) is 2.70. The van der Waals surface area contributed by atoms with Crippen molar-refractivity contribution in [1.82, 2.24) is 19.4 Å². The Morgan fingerprint density at radius 1 is 1.55 bits per heavy atom. The molecule has 1 aliphatic carbocycles. The van der Waals surface area contributed by atoms with E-state index in [9.17, 15) is 4.79 Å². The normalized spacial score (nSPS) is 14.3. The Hall–Kier alpha value is -1.34. The van der Waals surface area contributed by atoms with Crippen LogP contribution in [0, 0.1) is 0 Å². The van der Waals surface area contributed by atoms with Gasteiger partial charge in [0.05, 0.1) is 18.7 Å². The van der Waals surface area contributed by atoms with E-state index in [1.54, 1.807) is 29.3 Å². The molecule has 118 valence electrons. The molecule has 1 saturated carbocycles. The summed E-state index contributed by atoms with van der Waals surface area (Å²) in [5.74, 6) is 2.10. The number of aromatic nitrogens is 3. The average molecular weight is 336 g/mol. The third-order valence-electron chi connectivity index (χ3n) is 3.67. The molecule has 5 nitrogen and oxygen atoms in total. The molecule has 0 atom stereocenters. The highest BCUT2D eigenvalue weighted by molar-refractivity contribution is 8.00. The van der Waals surface area contributed by atoms with Crippen LogP contribution < -0.4 is 0 Å². The smallest absolute Gasteiger partial charge is 0.229 e. The zero-order chi connectivity index (χ0) is 15.5. The Morgan fingerprint density at radius 2 is 2.36 bits per heavy atom. The summed E-state index contributed by atoms with van der Waals surface area (Å²) in [7, 11) is 1.96. The van der Waals surface area contributed by atoms with E-state index in [2.05, 4.69) is 16.9 Å². The van der Waals surface area contributed by atoms with E-state index >= 15 is 0 Å². The lowest BCUT2D eigenvalue weighted by molar-refractivity contribution is -0.131. The van der Waals surface area contributed by atoms with Crippen molar-refractivity contribution in [3.05, 3.63) is 29.3 Å². The molecular formula is C15H20N4OS2. The van der Waals surface area contributed by atoms with Crippen LogP contribution in [0.5, 0.6) is 0 Å². The minimum Gasteiger partial charge on any atom is -0.337 e. The summed E-state index contributed by atoms with van der Waals surface area (Å²) >= 11 is 3.35. The van der Waals surface area contributed by atoms with Crippen LogP contribution in [0.2, 0.25) is 0 Å². The van der Waals surface area contributed by atoms with Crippen molar-refractivity contribution in [2.45, 2.75) is 43.1 Å². The fourth-order valence-corrected chi connectivity index (χ4v) is 4.07. The van der Waals surface area contributed by atoms with Crippen molar-refractivity contribution in [2.24, 2.45) is 7.05 Å². The lowest BCUT2D eigenvalue weighted by Gasteiger charge is -2.21. The lowest BCUT2D eigenvalue weighted by atomic mass is 10.3. The van der Waals surface area contributed by atoms with Gasteiger partial charge in [-0.1, -0.05) is 18.7 Å². The fraction of sp³-hybridized carbons (Fsp3) is 0.533. The molecule has 1 aliphatic rings. The van der Waals surface area contributed by atoms with Gasteiger partial charge in [-0.3, -0.25) is 4.79 Å². The van der Waals surface area contributed by atoms with Crippen molar-refractivity contribution in [2.75, 3.05) is 5.75 Å². The van der Waals surface area contributed by atoms with Crippen LogP contribution in [0.25, 0.3) is 0 Å². The van der Waals surface area contributed by atoms with E-state index < -0.39 is 0 Å². The summed E-state index contributed by atoms with van der Waals surface area (Å²) in [5.41, 5.74) is 0.886. The van der Waals surface area contributed by atoms with Gasteiger partial charge in [-0.25, -0.2) is 9.97 Å². The topological polar surface area (TPSA) is 51.0 Å². The maximum atomic E-state index is 12.6. The third kappa shape index (κ3) is 3.70. The molecule has 2 aromatic rings. The number of hydrogen-bond donors (Lipinski definition) is 0. The van der Waals surface area contributed by atoms with Gasteiger partial charge >= 0.3 is 0 Å². The molecular weight excluding hydrogens is 316 g/mol. The van der Waals surface area contributed by atoms with Crippen molar-refractivity contribution in [3.63, 3.8) is 0 Å². The Kier molecular flexibility index (Phi) is 4.83. The first-order valence-corrected chi connectivity index (χ1v) is 9.36. The molecule has 0 spiro atoms. The first-order chi connectivity index (χ1) is 10.7. The zero-order valence-corrected chi connectivity index (χ0v) is 14.5. The van der Waals surface area contributed by atoms with Gasteiger partial charge in [-0.2, -0.15) is 0 Å². The summed E-state index contributed by atoms with van der Waals surface area (Å²) < 4.78 is 3.02. The molecule has 0 bridgehead atoms. The van der Waals surface area contributed by atoms with Crippen LogP contribution in [0.15, 0.2) is 22.1 Å². The van der Waals surface area contributed by atoms with Crippen LogP contribution in [0.4, 0.5) is 0 Å². The number of thiazole rings is 1. The number of thioether (sulfide) groups is 1. The second-order valence-corrected chi connectivity index (χ2v) is 7.79. The van der Waals surface area contributed by atoms with E-state index in [0.717, 1.165) is 34.5 Å². The summed E-state index contributed by atoms with van der Waals surface area (Å²) in [4.78, 5) is 23.5. The van der Waals surface area contributed by atoms with Gasteiger partial charge in [0.2, 0.25) is 5.91 Å². The van der Waals surface area contributed by atoms with Crippen molar-refractivity contribution >= 4 is 29.0 Å². The predicted molar refractivity (Wildman–Crippen MR) is 89.0 cm³/mol. The molecule has 0 radical (unpaired) electrons. The Bertz CT molecular complexity index is 648. The Balaban J connectivity index is 1.66. The van der Waals surface area contributed by atoms with E-state index in [1.165, 1.54) is 0 Å². The van der Waals surface area contributed by atoms with Gasteiger partial charge in [0, 0.05) is 30.9 Å². The molecule has 1 amide bonds. The number of imidazole rings is 1. The molecule has 3 rings (SSSR count). The van der Waals surface area contributed by atoms with Crippen LogP contribution in [-0.2, 0) is 24.8 Å². The highest BCUT2D eigenvalue weighted by atomic mass is 32.2. The molecule has 7 heteroatoms. The number of amides is 1. The summed E-state index contributed by atoms with van der Waals surface area (Å²) in [5, 5.41) is 2.00. The molecule has 0 aliphatic heterocycles. The molecule has 0 aromatic carbocycles. The minimum atomic E-state index is 0.156. The summed E-state index contributed by atoms with van der Waals surface area (Å²) in [6, 6.07) is 0.382. The first kappa shape index (κ1) is 15.6. The fourth-order valence-electron chi connectivity index (χ4n) is 2.32. The van der Waals surface area contributed by atoms with E-state index in [1.807, 2.05) is 28.1 Å². The Labute approximate surface area is 138 Å². The van der Waals surface area contributed by atoms with Crippen LogP contribution in [0.1, 0.15) is 31.3 Å². The van der Waals surface area contributed by atoms with Gasteiger partial charge in [0.25, 0.3) is 0 Å². The quantitative estimate of drug-likeness (QED) is 0.730. The summed E-state index contributed by atoms with van der Waals surface area (Å²) in [6.07, 6.45) is 6.29. The van der Waals surface area contributed by atoms with Crippen molar-refractivity contribution < 1.29 is 4.79 Å². The monoisotopic (exact) mass is 336 g/mol. The van der Waals surface area contributed by atoms with E-state index in [4.69, 9.17) is 0 Å². The maximum absolute atomic E-state index is 12.6. The number of rotatable bonds is 7. The molecule has 2 aromatic heterocycles. The number of hydrogen-bond acceptors (Lipinski definition) is 5. The molecule has 22 heavy (non-hydrogen) atoms. The largest absolute Gasteiger partial charge is 0.337 e. The predicted octanol–water partition coefficient (Wildman–Crippen LogP) is 2.72. The number of carbonyl (C=O) groups is 1. The first-order valence-electron chi connectivity index (χ1n) is 7.50. The minimum absolute atomic E-state index is 0.156. The molecule has 1 fully saturated rings. The zero-order valence-electron chi connectivity index (χ0n) is 12.9. The van der Waals surface area contributed by atoms with Crippen LogP contribution in [0.3, 0.4) is 0 Å². The third-order valence-corrected chi connectivity index (χ3v) is 5.62. The van der Waals surface area contributed by atoms with Gasteiger partial charge in [0.1, 0.15) is 10.2 Å². The van der Waals surface area contributed by atoms with Gasteiger partial charge in [-0.05, 0) is 18.6 Å².